The molecule has 1 aromatic rings. The van der Waals surface area contributed by atoms with E-state index in [0.717, 1.165) is 5.56 Å². The van der Waals surface area contributed by atoms with Crippen molar-refractivity contribution in [1.29, 1.82) is 0 Å². The van der Waals surface area contributed by atoms with Crippen molar-refractivity contribution in [2.45, 2.75) is 19.9 Å². The number of nitrogens with zero attached hydrogens (tertiary/aromatic N) is 1. The van der Waals surface area contributed by atoms with E-state index in [2.05, 4.69) is 5.32 Å². The molecule has 0 saturated carbocycles. The van der Waals surface area contributed by atoms with Crippen molar-refractivity contribution in [2.24, 2.45) is 5.73 Å². The molecule has 6 nitrogen and oxygen atoms in total. The van der Waals surface area contributed by atoms with Gasteiger partial charge in [0.2, 0.25) is 5.91 Å². The molecule has 1 aromatic carbocycles. The predicted molar refractivity (Wildman–Crippen MR) is 80.2 cm³/mol. The summed E-state index contributed by atoms with van der Waals surface area (Å²) in [4.78, 5) is 25.9. The maximum atomic E-state index is 12.4. The Labute approximate surface area is 124 Å². The van der Waals surface area contributed by atoms with Crippen LogP contribution in [0.1, 0.15) is 22.8 Å². The summed E-state index contributed by atoms with van der Waals surface area (Å²) in [6, 6.07) is 4.70. The van der Waals surface area contributed by atoms with Crippen molar-refractivity contribution in [1.82, 2.24) is 4.90 Å². The highest BCUT2D eigenvalue weighted by atomic mass is 16.5. The average Bonchev–Trinajstić information content (AvgIpc) is 2.49. The third-order valence-corrected chi connectivity index (χ3v) is 3.45. The maximum absolute atomic E-state index is 12.4. The second-order valence-electron chi connectivity index (χ2n) is 5.21. The number of amides is 2. The van der Waals surface area contributed by atoms with E-state index in [9.17, 15) is 9.59 Å². The molecule has 1 fully saturated rings. The Hall–Kier alpha value is -1.92. The number of hydrogen-bond donors (Lipinski definition) is 2. The Morgan fingerprint density at radius 2 is 2.00 bits per heavy atom. The third-order valence-electron chi connectivity index (χ3n) is 3.45. The predicted octanol–water partition coefficient (Wildman–Crippen LogP) is 0.753. The summed E-state index contributed by atoms with van der Waals surface area (Å²) in [6.07, 6.45) is 0. The van der Waals surface area contributed by atoms with E-state index in [1.165, 1.54) is 0 Å². The molecule has 0 bridgehead atoms. The van der Waals surface area contributed by atoms with Crippen LogP contribution in [0, 0.1) is 6.92 Å². The smallest absolute Gasteiger partial charge is 0.254 e. The average molecular weight is 291 g/mol. The van der Waals surface area contributed by atoms with Crippen LogP contribution in [-0.2, 0) is 9.53 Å². The molecule has 0 spiro atoms. The van der Waals surface area contributed by atoms with Crippen LogP contribution in [0.15, 0.2) is 18.2 Å². The van der Waals surface area contributed by atoms with Gasteiger partial charge in [-0.1, -0.05) is 6.07 Å². The molecule has 0 unspecified atom stereocenters. The van der Waals surface area contributed by atoms with Crippen LogP contribution in [0.4, 0.5) is 5.69 Å². The Kier molecular flexibility index (Phi) is 4.93. The molecule has 0 aromatic heterocycles. The fourth-order valence-electron chi connectivity index (χ4n) is 2.09. The van der Waals surface area contributed by atoms with Gasteiger partial charge in [0.05, 0.1) is 19.3 Å². The summed E-state index contributed by atoms with van der Waals surface area (Å²) in [5.41, 5.74) is 7.62. The number of carbonyl (C=O) groups is 2. The van der Waals surface area contributed by atoms with E-state index >= 15 is 0 Å². The lowest BCUT2D eigenvalue weighted by Crippen LogP contribution is -2.40. The van der Waals surface area contributed by atoms with Gasteiger partial charge < -0.3 is 20.7 Å². The number of rotatable bonds is 3. The van der Waals surface area contributed by atoms with Gasteiger partial charge in [0.15, 0.2) is 0 Å². The molecule has 1 aliphatic heterocycles. The highest BCUT2D eigenvalue weighted by molar-refractivity contribution is 5.99. The van der Waals surface area contributed by atoms with Gasteiger partial charge in [0.25, 0.3) is 5.91 Å². The van der Waals surface area contributed by atoms with Crippen molar-refractivity contribution >= 4 is 17.5 Å². The molecule has 0 aliphatic carbocycles. The van der Waals surface area contributed by atoms with Crippen molar-refractivity contribution in [3.63, 3.8) is 0 Å². The summed E-state index contributed by atoms with van der Waals surface area (Å²) < 4.78 is 5.24. The molecule has 6 heteroatoms. The summed E-state index contributed by atoms with van der Waals surface area (Å²) in [7, 11) is 0. The number of nitrogens with one attached hydrogen (secondary N) is 1. The van der Waals surface area contributed by atoms with Crippen LogP contribution in [0.3, 0.4) is 0 Å². The van der Waals surface area contributed by atoms with Gasteiger partial charge in [-0.2, -0.15) is 0 Å². The zero-order valence-electron chi connectivity index (χ0n) is 12.4. The lowest BCUT2D eigenvalue weighted by atomic mass is 10.1. The summed E-state index contributed by atoms with van der Waals surface area (Å²) in [5.74, 6) is -0.316. The van der Waals surface area contributed by atoms with Crippen LogP contribution in [0.2, 0.25) is 0 Å². The minimum atomic E-state index is -0.594. The first-order valence-corrected chi connectivity index (χ1v) is 7.03. The topological polar surface area (TPSA) is 84.7 Å². The Morgan fingerprint density at radius 3 is 2.62 bits per heavy atom. The number of morpholine rings is 1. The number of hydrogen-bond acceptors (Lipinski definition) is 4. The van der Waals surface area contributed by atoms with Gasteiger partial charge >= 0.3 is 0 Å². The summed E-state index contributed by atoms with van der Waals surface area (Å²) >= 11 is 0. The van der Waals surface area contributed by atoms with Crippen molar-refractivity contribution in [3.05, 3.63) is 29.3 Å². The first kappa shape index (κ1) is 15.5. The van der Waals surface area contributed by atoms with Crippen LogP contribution < -0.4 is 11.1 Å². The molecular weight excluding hydrogens is 270 g/mol. The van der Waals surface area contributed by atoms with E-state index in [0.29, 0.717) is 37.6 Å². The fourth-order valence-corrected chi connectivity index (χ4v) is 2.09. The van der Waals surface area contributed by atoms with Crippen LogP contribution >= 0.6 is 0 Å². The van der Waals surface area contributed by atoms with Crippen molar-refractivity contribution < 1.29 is 14.3 Å². The molecule has 114 valence electrons. The van der Waals surface area contributed by atoms with Gasteiger partial charge in [-0.15, -0.1) is 0 Å². The largest absolute Gasteiger partial charge is 0.378 e. The molecule has 21 heavy (non-hydrogen) atoms. The minimum absolute atomic E-state index is 0.0467. The lowest BCUT2D eigenvalue weighted by molar-refractivity contribution is -0.117. The number of anilines is 1. The van der Waals surface area contributed by atoms with Gasteiger partial charge in [0.1, 0.15) is 0 Å². The zero-order chi connectivity index (χ0) is 15.4. The molecule has 1 atom stereocenters. The highest BCUT2D eigenvalue weighted by Gasteiger charge is 2.19. The van der Waals surface area contributed by atoms with Gasteiger partial charge in [0, 0.05) is 24.3 Å². The van der Waals surface area contributed by atoms with E-state index < -0.39 is 6.04 Å². The van der Waals surface area contributed by atoms with Crippen LogP contribution in [0.25, 0.3) is 0 Å². The Bertz CT molecular complexity index is 537. The number of carbonyl (C=O) groups excluding carboxylic acids is 2. The molecule has 2 rings (SSSR count). The van der Waals surface area contributed by atoms with E-state index in [1.807, 2.05) is 13.0 Å². The SMILES string of the molecule is Cc1ccc(C(=O)N2CCOCC2)cc1NC(=O)[C@H](C)N. The monoisotopic (exact) mass is 291 g/mol. The molecule has 1 heterocycles. The second-order valence-corrected chi connectivity index (χ2v) is 5.21. The van der Waals surface area contributed by atoms with Crippen LogP contribution in [-0.4, -0.2) is 49.1 Å². The lowest BCUT2D eigenvalue weighted by Gasteiger charge is -2.27. The first-order valence-electron chi connectivity index (χ1n) is 7.03. The standard InChI is InChI=1S/C15H21N3O3/c1-10-3-4-12(9-13(10)17-14(19)11(2)16)15(20)18-5-7-21-8-6-18/h3-4,9,11H,5-8,16H2,1-2H3,(H,17,19)/t11-/m0/s1. The molecule has 2 amide bonds. The number of benzene rings is 1. The quantitative estimate of drug-likeness (QED) is 0.861. The molecular formula is C15H21N3O3. The summed E-state index contributed by atoms with van der Waals surface area (Å²) in [6.45, 7) is 5.80. The first-order chi connectivity index (χ1) is 9.99. The van der Waals surface area contributed by atoms with Crippen molar-refractivity contribution in [3.8, 4) is 0 Å². The fraction of sp³-hybridized carbons (Fsp3) is 0.467. The van der Waals surface area contributed by atoms with E-state index in [-0.39, 0.29) is 11.8 Å². The summed E-state index contributed by atoms with van der Waals surface area (Å²) in [5, 5.41) is 2.75. The molecule has 1 aliphatic rings. The Balaban J connectivity index is 2.17. The Morgan fingerprint density at radius 1 is 1.33 bits per heavy atom. The molecule has 0 radical (unpaired) electrons. The zero-order valence-corrected chi connectivity index (χ0v) is 12.4. The minimum Gasteiger partial charge on any atom is -0.378 e. The van der Waals surface area contributed by atoms with Crippen molar-refractivity contribution in [2.75, 3.05) is 31.6 Å². The van der Waals surface area contributed by atoms with Gasteiger partial charge in [-0.3, -0.25) is 9.59 Å². The highest BCUT2D eigenvalue weighted by Crippen LogP contribution is 2.19. The van der Waals surface area contributed by atoms with E-state index in [4.69, 9.17) is 10.5 Å². The number of ether oxygens (including phenoxy) is 1. The normalized spacial score (nSPS) is 16.4. The number of nitrogens with two attached hydrogens (primary N) is 1. The second kappa shape index (κ2) is 6.69. The van der Waals surface area contributed by atoms with Gasteiger partial charge in [-0.05, 0) is 31.5 Å². The molecule has 1 saturated heterocycles. The number of aryl methyl sites for hydroxylation is 1. The third kappa shape index (κ3) is 3.80. The van der Waals surface area contributed by atoms with Crippen LogP contribution in [0.5, 0.6) is 0 Å². The van der Waals surface area contributed by atoms with Gasteiger partial charge in [-0.25, -0.2) is 0 Å². The molecule has 3 N–H and O–H groups in total. The maximum Gasteiger partial charge on any atom is 0.254 e. The van der Waals surface area contributed by atoms with E-state index in [1.54, 1.807) is 24.0 Å².